The zero-order chi connectivity index (χ0) is 13.7. The smallest absolute Gasteiger partial charge is 0.275 e. The molecule has 0 atom stereocenters. The van der Waals surface area contributed by atoms with Crippen LogP contribution in [0.4, 0.5) is 0 Å². The molecule has 0 spiro atoms. The summed E-state index contributed by atoms with van der Waals surface area (Å²) in [6, 6.07) is 13.8. The number of carbonyl (C=O) groups excluding carboxylic acids is 1. The Kier molecular flexibility index (Phi) is 4.30. The number of nitrogens with one attached hydrogen (secondary N) is 1. The fourth-order valence-electron chi connectivity index (χ4n) is 1.44. The van der Waals surface area contributed by atoms with Crippen LogP contribution in [0.25, 0.3) is 0 Å². The van der Waals surface area contributed by atoms with Crippen LogP contribution in [0.15, 0.2) is 58.1 Å². The Balaban J connectivity index is 2.01. The minimum atomic E-state index is -0.452. The molecule has 1 amide bonds. The molecule has 0 aliphatic carbocycles. The lowest BCUT2D eigenvalue weighted by molar-refractivity contribution is 0.0952. The number of aromatic hydroxyl groups is 1. The number of rotatable bonds is 3. The molecule has 0 saturated heterocycles. The Labute approximate surface area is 118 Å². The van der Waals surface area contributed by atoms with Gasteiger partial charge in [-0.3, -0.25) is 4.79 Å². The summed E-state index contributed by atoms with van der Waals surface area (Å²) in [5.74, 6) is -0.523. The Hall–Kier alpha value is -2.14. The number of hydrogen-bond donors (Lipinski definition) is 2. The van der Waals surface area contributed by atoms with E-state index in [1.54, 1.807) is 12.1 Å². The van der Waals surface area contributed by atoms with Gasteiger partial charge in [0.05, 0.1) is 11.8 Å². The van der Waals surface area contributed by atoms with Gasteiger partial charge in [-0.15, -0.1) is 0 Å². The molecule has 4 nitrogen and oxygen atoms in total. The molecule has 5 heteroatoms. The molecule has 2 N–H and O–H groups in total. The molecule has 0 aliphatic heterocycles. The van der Waals surface area contributed by atoms with E-state index in [1.807, 2.05) is 24.3 Å². The minimum absolute atomic E-state index is 0.0705. The molecule has 0 aromatic heterocycles. The van der Waals surface area contributed by atoms with Crippen molar-refractivity contribution in [2.45, 2.75) is 0 Å². The summed E-state index contributed by atoms with van der Waals surface area (Å²) in [7, 11) is 0. The number of para-hydroxylation sites is 1. The van der Waals surface area contributed by atoms with Crippen molar-refractivity contribution in [2.75, 3.05) is 0 Å². The number of carbonyl (C=O) groups is 1. The topological polar surface area (TPSA) is 61.7 Å². The van der Waals surface area contributed by atoms with Crippen LogP contribution in [0.3, 0.4) is 0 Å². The van der Waals surface area contributed by atoms with Crippen LogP contribution in [0.2, 0.25) is 0 Å². The van der Waals surface area contributed by atoms with Gasteiger partial charge in [0.25, 0.3) is 5.91 Å². The van der Waals surface area contributed by atoms with Crippen LogP contribution in [0.1, 0.15) is 15.9 Å². The summed E-state index contributed by atoms with van der Waals surface area (Å²) in [6.07, 6.45) is 1.53. The van der Waals surface area contributed by atoms with Crippen molar-refractivity contribution in [3.8, 4) is 5.75 Å². The molecular formula is C14H11BrN2O2. The van der Waals surface area contributed by atoms with E-state index < -0.39 is 5.91 Å². The van der Waals surface area contributed by atoms with Gasteiger partial charge in [-0.05, 0) is 29.8 Å². The van der Waals surface area contributed by atoms with Crippen molar-refractivity contribution < 1.29 is 9.90 Å². The number of halogens is 1. The fourth-order valence-corrected chi connectivity index (χ4v) is 1.70. The fraction of sp³-hybridized carbons (Fsp3) is 0. The van der Waals surface area contributed by atoms with E-state index in [0.29, 0.717) is 0 Å². The Bertz CT molecular complexity index is 609. The highest BCUT2D eigenvalue weighted by molar-refractivity contribution is 9.10. The van der Waals surface area contributed by atoms with Crippen molar-refractivity contribution in [3.63, 3.8) is 0 Å². The van der Waals surface area contributed by atoms with Gasteiger partial charge in [0.15, 0.2) is 0 Å². The maximum atomic E-state index is 11.7. The zero-order valence-electron chi connectivity index (χ0n) is 9.88. The van der Waals surface area contributed by atoms with Gasteiger partial charge in [-0.25, -0.2) is 5.43 Å². The number of nitrogens with zero attached hydrogens (tertiary/aromatic N) is 1. The minimum Gasteiger partial charge on any atom is -0.507 e. The number of benzene rings is 2. The first-order valence-electron chi connectivity index (χ1n) is 5.54. The van der Waals surface area contributed by atoms with Gasteiger partial charge >= 0.3 is 0 Å². The van der Waals surface area contributed by atoms with Crippen molar-refractivity contribution in [1.29, 1.82) is 0 Å². The molecule has 0 aliphatic rings. The first kappa shape index (κ1) is 13.3. The summed E-state index contributed by atoms with van der Waals surface area (Å²) in [4.78, 5) is 11.7. The average Bonchev–Trinajstić information content (AvgIpc) is 2.41. The molecule has 0 saturated carbocycles. The molecule has 0 unspecified atom stereocenters. The first-order valence-corrected chi connectivity index (χ1v) is 6.33. The maximum Gasteiger partial charge on any atom is 0.275 e. The van der Waals surface area contributed by atoms with Crippen molar-refractivity contribution in [3.05, 3.63) is 64.1 Å². The predicted octanol–water partition coefficient (Wildman–Crippen LogP) is 2.92. The third-order valence-electron chi connectivity index (χ3n) is 2.40. The third kappa shape index (κ3) is 3.66. The van der Waals surface area contributed by atoms with E-state index >= 15 is 0 Å². The van der Waals surface area contributed by atoms with Crippen molar-refractivity contribution in [1.82, 2.24) is 5.43 Å². The highest BCUT2D eigenvalue weighted by Gasteiger charge is 2.08. The molecule has 0 fully saturated rings. The first-order chi connectivity index (χ1) is 9.16. The quantitative estimate of drug-likeness (QED) is 0.675. The van der Waals surface area contributed by atoms with Crippen LogP contribution in [0.5, 0.6) is 5.75 Å². The second kappa shape index (κ2) is 6.15. The molecule has 2 rings (SSSR count). The van der Waals surface area contributed by atoms with Crippen molar-refractivity contribution in [2.24, 2.45) is 5.10 Å². The lowest BCUT2D eigenvalue weighted by atomic mass is 10.2. The molecule has 96 valence electrons. The largest absolute Gasteiger partial charge is 0.507 e. The second-order valence-electron chi connectivity index (χ2n) is 3.77. The highest BCUT2D eigenvalue weighted by Crippen LogP contribution is 2.14. The third-order valence-corrected chi connectivity index (χ3v) is 2.93. The van der Waals surface area contributed by atoms with Crippen LogP contribution in [-0.4, -0.2) is 17.2 Å². The molecule has 0 bridgehead atoms. The number of amides is 1. The van der Waals surface area contributed by atoms with E-state index in [-0.39, 0.29) is 11.3 Å². The van der Waals surface area contributed by atoms with Gasteiger partial charge in [-0.2, -0.15) is 5.10 Å². The summed E-state index contributed by atoms with van der Waals surface area (Å²) >= 11 is 3.33. The monoisotopic (exact) mass is 318 g/mol. The Morgan fingerprint density at radius 1 is 1.16 bits per heavy atom. The molecule has 0 heterocycles. The van der Waals surface area contributed by atoms with Gasteiger partial charge in [0, 0.05) is 4.47 Å². The van der Waals surface area contributed by atoms with Crippen LogP contribution in [0, 0.1) is 0 Å². The molecule has 19 heavy (non-hydrogen) atoms. The van der Waals surface area contributed by atoms with E-state index in [4.69, 9.17) is 0 Å². The van der Waals surface area contributed by atoms with Gasteiger partial charge in [0.1, 0.15) is 5.75 Å². The average molecular weight is 319 g/mol. The van der Waals surface area contributed by atoms with Crippen LogP contribution in [-0.2, 0) is 0 Å². The highest BCUT2D eigenvalue weighted by atomic mass is 79.9. The zero-order valence-corrected chi connectivity index (χ0v) is 11.5. The normalized spacial score (nSPS) is 10.6. The van der Waals surface area contributed by atoms with Gasteiger partial charge in [-0.1, -0.05) is 40.2 Å². The number of hydrogen-bond acceptors (Lipinski definition) is 3. The van der Waals surface area contributed by atoms with E-state index in [0.717, 1.165) is 10.0 Å². The summed E-state index contributed by atoms with van der Waals surface area (Å²) in [5.41, 5.74) is 3.41. The summed E-state index contributed by atoms with van der Waals surface area (Å²) in [6.45, 7) is 0. The van der Waals surface area contributed by atoms with E-state index in [2.05, 4.69) is 26.5 Å². The maximum absolute atomic E-state index is 11.7. The molecule has 2 aromatic rings. The molecule has 0 radical (unpaired) electrons. The van der Waals surface area contributed by atoms with Crippen LogP contribution >= 0.6 is 15.9 Å². The molecule has 2 aromatic carbocycles. The number of phenolic OH excluding ortho intramolecular Hbond substituents is 1. The lowest BCUT2D eigenvalue weighted by Crippen LogP contribution is -2.17. The lowest BCUT2D eigenvalue weighted by Gasteiger charge is -2.01. The van der Waals surface area contributed by atoms with Gasteiger partial charge in [0.2, 0.25) is 0 Å². The van der Waals surface area contributed by atoms with E-state index in [9.17, 15) is 9.90 Å². The van der Waals surface area contributed by atoms with Crippen LogP contribution < -0.4 is 5.43 Å². The van der Waals surface area contributed by atoms with Crippen molar-refractivity contribution >= 4 is 28.1 Å². The van der Waals surface area contributed by atoms with Gasteiger partial charge < -0.3 is 5.11 Å². The number of phenols is 1. The molecular weight excluding hydrogens is 308 g/mol. The summed E-state index contributed by atoms with van der Waals surface area (Å²) in [5, 5.41) is 13.3. The Morgan fingerprint density at radius 3 is 2.53 bits per heavy atom. The number of hydrazone groups is 1. The second-order valence-corrected chi connectivity index (χ2v) is 4.68. The van der Waals surface area contributed by atoms with E-state index in [1.165, 1.54) is 18.3 Å². The predicted molar refractivity (Wildman–Crippen MR) is 77.3 cm³/mol. The standard InChI is InChI=1S/C14H11BrN2O2/c15-11-7-5-10(6-8-11)9-16-17-14(19)12-3-1-2-4-13(12)18/h1-9,18H,(H,17,19)/b16-9+. The summed E-state index contributed by atoms with van der Waals surface area (Å²) < 4.78 is 0.975. The Morgan fingerprint density at radius 2 is 1.84 bits per heavy atom. The SMILES string of the molecule is O=C(N/N=C/c1ccc(Br)cc1)c1ccccc1O.